The number of thiazole rings is 1. The molecule has 0 saturated carbocycles. The second-order valence-corrected chi connectivity index (χ2v) is 7.11. The summed E-state index contributed by atoms with van der Waals surface area (Å²) in [6, 6.07) is 15.0. The molecular weight excluding hydrogens is 350 g/mol. The van der Waals surface area contributed by atoms with Gasteiger partial charge in [-0.15, -0.1) is 0 Å². The van der Waals surface area contributed by atoms with Crippen molar-refractivity contribution in [3.05, 3.63) is 48.5 Å². The molecule has 0 radical (unpaired) electrons. The van der Waals surface area contributed by atoms with E-state index in [-0.39, 0.29) is 24.2 Å². The highest BCUT2D eigenvalue weighted by Gasteiger charge is 2.35. The molecule has 7 heteroatoms. The molecule has 0 bridgehead atoms. The fourth-order valence-corrected chi connectivity index (χ4v) is 3.93. The number of rotatable bonds is 4. The summed E-state index contributed by atoms with van der Waals surface area (Å²) < 4.78 is 6.15. The van der Waals surface area contributed by atoms with Gasteiger partial charge in [0.2, 0.25) is 11.8 Å². The Labute approximate surface area is 154 Å². The average Bonchev–Trinajstić information content (AvgIpc) is 3.24. The number of methoxy groups -OCH3 is 1. The van der Waals surface area contributed by atoms with Crippen molar-refractivity contribution >= 4 is 44.2 Å². The van der Waals surface area contributed by atoms with E-state index in [1.807, 2.05) is 48.5 Å². The molecule has 0 unspecified atom stereocenters. The van der Waals surface area contributed by atoms with Crippen LogP contribution in [0.2, 0.25) is 0 Å². The Hall–Kier alpha value is -2.93. The van der Waals surface area contributed by atoms with E-state index >= 15 is 0 Å². The van der Waals surface area contributed by atoms with Crippen LogP contribution in [0.25, 0.3) is 10.2 Å². The SMILES string of the molecule is COc1ccc2nc(NC(=O)[C@@H]3CC(=O)N(c4ccccc4)C3)sc2c1. The average molecular weight is 367 g/mol. The third kappa shape index (κ3) is 3.13. The van der Waals surface area contributed by atoms with E-state index in [1.165, 1.54) is 11.3 Å². The van der Waals surface area contributed by atoms with E-state index in [0.717, 1.165) is 21.7 Å². The summed E-state index contributed by atoms with van der Waals surface area (Å²) in [7, 11) is 1.61. The van der Waals surface area contributed by atoms with Crippen molar-refractivity contribution in [1.82, 2.24) is 4.98 Å². The molecule has 26 heavy (non-hydrogen) atoms. The summed E-state index contributed by atoms with van der Waals surface area (Å²) in [5, 5.41) is 3.38. The zero-order valence-corrected chi connectivity index (χ0v) is 15.0. The number of hydrogen-bond acceptors (Lipinski definition) is 5. The Morgan fingerprint density at radius 3 is 2.85 bits per heavy atom. The van der Waals surface area contributed by atoms with Gasteiger partial charge in [0.05, 0.1) is 23.2 Å². The fourth-order valence-electron chi connectivity index (χ4n) is 3.03. The number of aromatic nitrogens is 1. The third-order valence-electron chi connectivity index (χ3n) is 4.39. The molecule has 1 aromatic heterocycles. The lowest BCUT2D eigenvalue weighted by Crippen LogP contribution is -2.28. The van der Waals surface area contributed by atoms with Crippen LogP contribution in [-0.2, 0) is 9.59 Å². The summed E-state index contributed by atoms with van der Waals surface area (Å²) in [6.07, 6.45) is 0.208. The first-order valence-electron chi connectivity index (χ1n) is 8.25. The molecule has 0 spiro atoms. The van der Waals surface area contributed by atoms with Gasteiger partial charge in [0.25, 0.3) is 0 Å². The maximum Gasteiger partial charge on any atom is 0.231 e. The van der Waals surface area contributed by atoms with Crippen molar-refractivity contribution in [3.8, 4) is 5.75 Å². The normalized spacial score (nSPS) is 16.9. The maximum absolute atomic E-state index is 12.6. The number of nitrogens with zero attached hydrogens (tertiary/aromatic N) is 2. The Bertz CT molecular complexity index is 971. The molecule has 0 aliphatic carbocycles. The smallest absolute Gasteiger partial charge is 0.231 e. The van der Waals surface area contributed by atoms with Crippen LogP contribution in [0.1, 0.15) is 6.42 Å². The van der Waals surface area contributed by atoms with Crippen LogP contribution in [0.3, 0.4) is 0 Å². The molecule has 2 aromatic carbocycles. The molecule has 1 atom stereocenters. The lowest BCUT2D eigenvalue weighted by atomic mass is 10.1. The van der Waals surface area contributed by atoms with Gasteiger partial charge in [0.1, 0.15) is 5.75 Å². The van der Waals surface area contributed by atoms with Gasteiger partial charge in [0.15, 0.2) is 5.13 Å². The fraction of sp³-hybridized carbons (Fsp3) is 0.211. The molecule has 1 aliphatic rings. The number of amides is 2. The van der Waals surface area contributed by atoms with Crippen LogP contribution in [0.15, 0.2) is 48.5 Å². The van der Waals surface area contributed by atoms with Gasteiger partial charge in [0, 0.05) is 18.7 Å². The number of nitrogens with one attached hydrogen (secondary N) is 1. The molecule has 1 fully saturated rings. The van der Waals surface area contributed by atoms with Crippen LogP contribution < -0.4 is 15.0 Å². The van der Waals surface area contributed by atoms with E-state index in [2.05, 4.69) is 10.3 Å². The van der Waals surface area contributed by atoms with Gasteiger partial charge in [-0.3, -0.25) is 9.59 Å². The summed E-state index contributed by atoms with van der Waals surface area (Å²) in [4.78, 5) is 30.9. The van der Waals surface area contributed by atoms with Crippen LogP contribution >= 0.6 is 11.3 Å². The van der Waals surface area contributed by atoms with Gasteiger partial charge in [-0.25, -0.2) is 4.98 Å². The Kier molecular flexibility index (Phi) is 4.30. The van der Waals surface area contributed by atoms with Crippen LogP contribution in [0, 0.1) is 5.92 Å². The Morgan fingerprint density at radius 2 is 2.08 bits per heavy atom. The number of carbonyl (C=O) groups excluding carboxylic acids is 2. The van der Waals surface area contributed by atoms with Gasteiger partial charge < -0.3 is 15.0 Å². The first kappa shape index (κ1) is 16.5. The zero-order valence-electron chi connectivity index (χ0n) is 14.1. The molecule has 1 aliphatic heterocycles. The quantitative estimate of drug-likeness (QED) is 0.768. The second kappa shape index (κ2) is 6.76. The molecule has 6 nitrogen and oxygen atoms in total. The lowest BCUT2D eigenvalue weighted by molar-refractivity contribution is -0.122. The van der Waals surface area contributed by atoms with Gasteiger partial charge in [-0.05, 0) is 30.3 Å². The first-order valence-corrected chi connectivity index (χ1v) is 9.06. The molecule has 3 aromatic rings. The van der Waals surface area contributed by atoms with Crippen molar-refractivity contribution < 1.29 is 14.3 Å². The molecule has 1 N–H and O–H groups in total. The van der Waals surface area contributed by atoms with E-state index in [1.54, 1.807) is 12.0 Å². The monoisotopic (exact) mass is 367 g/mol. The van der Waals surface area contributed by atoms with E-state index in [9.17, 15) is 9.59 Å². The highest BCUT2D eigenvalue weighted by Crippen LogP contribution is 2.30. The number of hydrogen-bond donors (Lipinski definition) is 1. The second-order valence-electron chi connectivity index (χ2n) is 6.08. The highest BCUT2D eigenvalue weighted by atomic mass is 32.1. The maximum atomic E-state index is 12.6. The van der Waals surface area contributed by atoms with Crippen molar-refractivity contribution in [3.63, 3.8) is 0 Å². The molecule has 1 saturated heterocycles. The van der Waals surface area contributed by atoms with Crippen molar-refractivity contribution in [2.24, 2.45) is 5.92 Å². The summed E-state index contributed by atoms with van der Waals surface area (Å²) in [5.41, 5.74) is 1.62. The summed E-state index contributed by atoms with van der Waals surface area (Å²) in [5.74, 6) is 0.149. The highest BCUT2D eigenvalue weighted by molar-refractivity contribution is 7.22. The Balaban J connectivity index is 1.48. The van der Waals surface area contributed by atoms with Crippen LogP contribution in [0.5, 0.6) is 5.75 Å². The Morgan fingerprint density at radius 1 is 1.27 bits per heavy atom. The van der Waals surface area contributed by atoms with Crippen molar-refractivity contribution in [1.29, 1.82) is 0 Å². The topological polar surface area (TPSA) is 71.5 Å². The van der Waals surface area contributed by atoms with Crippen molar-refractivity contribution in [2.45, 2.75) is 6.42 Å². The minimum Gasteiger partial charge on any atom is -0.497 e. The molecule has 2 amide bonds. The predicted octanol–water partition coefficient (Wildman–Crippen LogP) is 3.30. The van der Waals surface area contributed by atoms with Crippen molar-refractivity contribution in [2.75, 3.05) is 23.9 Å². The van der Waals surface area contributed by atoms with Crippen LogP contribution in [-0.4, -0.2) is 30.5 Å². The number of para-hydroxylation sites is 1. The van der Waals surface area contributed by atoms with Gasteiger partial charge in [-0.2, -0.15) is 0 Å². The number of anilines is 2. The van der Waals surface area contributed by atoms with Crippen LogP contribution in [0.4, 0.5) is 10.8 Å². The standard InChI is InChI=1S/C19H17N3O3S/c1-25-14-7-8-15-16(10-14)26-19(20-15)21-18(24)12-9-17(23)22(11-12)13-5-3-2-4-6-13/h2-8,10,12H,9,11H2,1H3,(H,20,21,24)/t12-/m1/s1. The largest absolute Gasteiger partial charge is 0.497 e. The number of carbonyl (C=O) groups is 2. The number of ether oxygens (including phenoxy) is 1. The summed E-state index contributed by atoms with van der Waals surface area (Å²) >= 11 is 1.39. The minimum atomic E-state index is -0.385. The number of benzene rings is 2. The van der Waals surface area contributed by atoms with E-state index in [0.29, 0.717) is 11.7 Å². The zero-order chi connectivity index (χ0) is 18.1. The molecule has 2 heterocycles. The lowest BCUT2D eigenvalue weighted by Gasteiger charge is -2.16. The van der Waals surface area contributed by atoms with E-state index in [4.69, 9.17) is 4.74 Å². The predicted molar refractivity (Wildman–Crippen MR) is 102 cm³/mol. The number of fused-ring (bicyclic) bond motifs is 1. The molecular formula is C19H17N3O3S. The van der Waals surface area contributed by atoms with E-state index < -0.39 is 0 Å². The molecule has 4 rings (SSSR count). The van der Waals surface area contributed by atoms with Gasteiger partial charge >= 0.3 is 0 Å². The summed E-state index contributed by atoms with van der Waals surface area (Å²) in [6.45, 7) is 0.382. The molecule has 132 valence electrons. The minimum absolute atomic E-state index is 0.0367. The third-order valence-corrected chi connectivity index (χ3v) is 5.32. The first-order chi connectivity index (χ1) is 12.6. The van der Waals surface area contributed by atoms with Gasteiger partial charge in [-0.1, -0.05) is 29.5 Å².